The zero-order valence-electron chi connectivity index (χ0n) is 59.8. The second-order valence-electron chi connectivity index (χ2n) is 26.3. The lowest BCUT2D eigenvalue weighted by atomic mass is 10.0. The highest BCUT2D eigenvalue weighted by Gasteiger charge is 2.28. The second-order valence-corrected chi connectivity index (χ2v) is 27.8. The number of allylic oxidation sites excluding steroid dienone is 24. The van der Waals surface area contributed by atoms with E-state index in [1.807, 2.05) is 21.1 Å². The van der Waals surface area contributed by atoms with Gasteiger partial charge in [-0.25, -0.2) is 4.57 Å². The van der Waals surface area contributed by atoms with Crippen molar-refractivity contribution in [2.24, 2.45) is 0 Å². The van der Waals surface area contributed by atoms with Gasteiger partial charge in [0, 0.05) is 6.42 Å². The van der Waals surface area contributed by atoms with Crippen LogP contribution in [-0.2, 0) is 18.4 Å². The summed E-state index contributed by atoms with van der Waals surface area (Å²) in [6.45, 7) is 4.77. The van der Waals surface area contributed by atoms with Gasteiger partial charge in [-0.2, -0.15) is 0 Å². The van der Waals surface area contributed by atoms with Crippen LogP contribution >= 0.6 is 7.82 Å². The lowest BCUT2D eigenvalue weighted by Crippen LogP contribution is -2.46. The number of aliphatic hydroxyl groups is 1. The summed E-state index contributed by atoms with van der Waals surface area (Å²) in [6, 6.07) is -0.787. The Hall–Kier alpha value is -3.62. The van der Waals surface area contributed by atoms with Crippen molar-refractivity contribution in [2.75, 3.05) is 40.9 Å². The van der Waals surface area contributed by atoms with Gasteiger partial charge in [0.25, 0.3) is 0 Å². The monoisotopic (exact) mass is 1280 g/mol. The molecule has 522 valence electrons. The maximum atomic E-state index is 13.1. The fraction of sp³-hybridized carbons (Fsp3) is 0.695. The molecule has 0 rings (SSSR count). The van der Waals surface area contributed by atoms with Gasteiger partial charge in [-0.05, 0) is 103 Å². The zero-order chi connectivity index (χ0) is 66.2. The fourth-order valence-electron chi connectivity index (χ4n) is 10.6. The average molecular weight is 1290 g/mol. The maximum Gasteiger partial charge on any atom is 0.472 e. The summed E-state index contributed by atoms with van der Waals surface area (Å²) in [5, 5.41) is 14.1. The molecule has 91 heavy (non-hydrogen) atoms. The smallest absolute Gasteiger partial charge is 0.391 e. The Balaban J connectivity index is 4.14. The number of carbonyl (C=O) groups excluding carboxylic acids is 1. The van der Waals surface area contributed by atoms with Gasteiger partial charge < -0.3 is 19.8 Å². The summed E-state index contributed by atoms with van der Waals surface area (Å²) < 4.78 is 23.9. The molecule has 1 amide bonds. The van der Waals surface area contributed by atoms with Crippen LogP contribution in [0.15, 0.2) is 146 Å². The number of rotatable bonds is 68. The van der Waals surface area contributed by atoms with Crippen LogP contribution in [0.4, 0.5) is 0 Å². The van der Waals surface area contributed by atoms with Crippen LogP contribution in [0.3, 0.4) is 0 Å². The number of unbranched alkanes of at least 4 members (excludes halogenated alkanes) is 31. The van der Waals surface area contributed by atoms with Crippen LogP contribution in [0.2, 0.25) is 0 Å². The van der Waals surface area contributed by atoms with E-state index in [4.69, 9.17) is 9.05 Å². The quantitative estimate of drug-likeness (QED) is 0.0243. The van der Waals surface area contributed by atoms with Crippen molar-refractivity contribution in [3.05, 3.63) is 146 Å². The molecule has 9 heteroatoms. The summed E-state index contributed by atoms with van der Waals surface area (Å²) in [7, 11) is 1.59. The fourth-order valence-corrected chi connectivity index (χ4v) is 11.3. The van der Waals surface area contributed by atoms with Gasteiger partial charge in [-0.3, -0.25) is 13.8 Å². The number of hydrogen-bond donors (Lipinski definition) is 3. The van der Waals surface area contributed by atoms with Crippen LogP contribution in [0, 0.1) is 0 Å². The van der Waals surface area contributed by atoms with E-state index in [9.17, 15) is 19.4 Å². The number of hydrogen-bond acceptors (Lipinski definition) is 5. The topological polar surface area (TPSA) is 105 Å². The predicted octanol–water partition coefficient (Wildman–Crippen LogP) is 24.7. The third kappa shape index (κ3) is 73.7. The van der Waals surface area contributed by atoms with E-state index in [1.54, 1.807) is 0 Å². The molecular formula is C82H144N2O6P+. The first-order chi connectivity index (χ1) is 44.5. The normalized spacial score (nSPS) is 14.4. The van der Waals surface area contributed by atoms with E-state index in [0.29, 0.717) is 23.9 Å². The number of amides is 1. The number of phosphoric ester groups is 1. The van der Waals surface area contributed by atoms with E-state index in [0.717, 1.165) is 128 Å². The highest BCUT2D eigenvalue weighted by Crippen LogP contribution is 2.43. The summed E-state index contributed by atoms with van der Waals surface area (Å²) in [4.78, 5) is 23.5. The molecule has 0 aromatic rings. The van der Waals surface area contributed by atoms with Crippen molar-refractivity contribution < 1.29 is 32.9 Å². The molecule has 0 aliphatic heterocycles. The van der Waals surface area contributed by atoms with Gasteiger partial charge in [0.1, 0.15) is 13.2 Å². The maximum absolute atomic E-state index is 13.1. The van der Waals surface area contributed by atoms with Gasteiger partial charge in [0.15, 0.2) is 0 Å². The molecule has 3 atom stereocenters. The molecule has 0 aromatic heterocycles. The Kier molecular flexibility index (Phi) is 67.9. The molecule has 3 N–H and O–H groups in total. The third-order valence-corrected chi connectivity index (χ3v) is 17.3. The number of quaternary nitrogens is 1. The molecule has 0 aromatic carbocycles. The minimum absolute atomic E-state index is 0.0626. The van der Waals surface area contributed by atoms with Crippen molar-refractivity contribution >= 4 is 13.7 Å². The van der Waals surface area contributed by atoms with Crippen molar-refractivity contribution in [2.45, 2.75) is 328 Å². The summed E-state index contributed by atoms with van der Waals surface area (Å²) in [6.07, 6.45) is 108. The Morgan fingerprint density at radius 3 is 0.967 bits per heavy atom. The number of nitrogens with one attached hydrogen (secondary N) is 1. The van der Waals surface area contributed by atoms with Gasteiger partial charge in [0.05, 0.1) is 39.9 Å². The van der Waals surface area contributed by atoms with Gasteiger partial charge in [-0.1, -0.05) is 352 Å². The first kappa shape index (κ1) is 87.4. The van der Waals surface area contributed by atoms with E-state index in [1.165, 1.54) is 161 Å². The Morgan fingerprint density at radius 1 is 0.385 bits per heavy atom. The molecule has 0 fully saturated rings. The molecule has 0 aliphatic carbocycles. The van der Waals surface area contributed by atoms with E-state index in [2.05, 4.69) is 165 Å². The average Bonchev–Trinajstić information content (AvgIpc) is 3.59. The number of phosphoric acid groups is 1. The standard InChI is InChI=1S/C82H143N2O6P/c1-6-8-10-12-14-16-18-20-22-24-26-28-30-32-34-36-37-38-39-40-41-42-43-44-45-46-47-48-50-52-54-56-58-60-62-64-66-68-70-72-74-76-82(86)83-80(79-90-91(87,88)89-78-77-84(3,4)5)81(85)75-73-71-69-67-65-63-61-59-57-55-53-51-49-35-33-31-29-27-25-23-21-19-17-15-13-11-9-7-2/h8,10,14,16,20,22,26,28,32,34,37-38,40-41,43-44,46-47,50,52,56,58,62,64,80-81,85H,6-7,9,11-13,15,17-19,21,23-25,27,29-31,33,35-36,39,42,45,48-49,51,53-55,57,59-61,63,65-79H2,1-5H3,(H-,83,86,87,88)/p+1/b10-8-,16-14-,22-20-,28-26-,34-32-,38-37-,41-40-,44-43-,47-46-,52-50-,58-56-,64-62-. The Labute approximate surface area is 563 Å². The molecule has 0 bridgehead atoms. The first-order valence-electron chi connectivity index (χ1n) is 37.7. The van der Waals surface area contributed by atoms with Crippen LogP contribution < -0.4 is 5.32 Å². The molecule has 0 spiro atoms. The lowest BCUT2D eigenvalue weighted by Gasteiger charge is -2.26. The molecule has 0 aliphatic rings. The number of nitrogens with zero attached hydrogens (tertiary/aromatic N) is 1. The van der Waals surface area contributed by atoms with Gasteiger partial charge in [-0.15, -0.1) is 0 Å². The third-order valence-electron chi connectivity index (χ3n) is 16.4. The molecular weight excluding hydrogens is 1140 g/mol. The Bertz CT molecular complexity index is 2000. The van der Waals surface area contributed by atoms with Crippen LogP contribution in [0.1, 0.15) is 316 Å². The van der Waals surface area contributed by atoms with E-state index < -0.39 is 20.0 Å². The molecule has 0 saturated heterocycles. The number of likely N-dealkylation sites (N-methyl/N-ethyl adjacent to an activating group) is 1. The number of aliphatic hydroxyl groups excluding tert-OH is 1. The summed E-state index contributed by atoms with van der Waals surface area (Å²) >= 11 is 0. The SMILES string of the molecule is CC/C=C\C/C=C\C/C=C\C/C=C\C/C=C\C/C=C\C/C=C\C/C=C\C/C=C\C/C=C\C/C=C\C/C=C\CCCCCCC(=O)NC(COP(=O)(O)OCC[N+](C)(C)C)C(O)CCCCCCCCCCCCCCCCCCCCCCCCCCCCCC. The second kappa shape index (κ2) is 70.7. The largest absolute Gasteiger partial charge is 0.472 e. The first-order valence-corrected chi connectivity index (χ1v) is 39.2. The lowest BCUT2D eigenvalue weighted by molar-refractivity contribution is -0.870. The highest BCUT2D eigenvalue weighted by atomic mass is 31.2. The zero-order valence-corrected chi connectivity index (χ0v) is 60.7. The molecule has 0 radical (unpaired) electrons. The van der Waals surface area contributed by atoms with E-state index in [-0.39, 0.29) is 19.1 Å². The molecule has 0 heterocycles. The highest BCUT2D eigenvalue weighted by molar-refractivity contribution is 7.47. The van der Waals surface area contributed by atoms with Gasteiger partial charge in [0.2, 0.25) is 5.91 Å². The van der Waals surface area contributed by atoms with Crippen molar-refractivity contribution in [1.82, 2.24) is 5.32 Å². The molecule has 8 nitrogen and oxygen atoms in total. The van der Waals surface area contributed by atoms with Crippen molar-refractivity contribution in [1.29, 1.82) is 0 Å². The van der Waals surface area contributed by atoms with Crippen LogP contribution in [0.5, 0.6) is 0 Å². The predicted molar refractivity (Wildman–Crippen MR) is 401 cm³/mol. The van der Waals surface area contributed by atoms with Crippen molar-refractivity contribution in [3.8, 4) is 0 Å². The van der Waals surface area contributed by atoms with Crippen LogP contribution in [-0.4, -0.2) is 73.4 Å². The summed E-state index contributed by atoms with van der Waals surface area (Å²) in [5.41, 5.74) is 0. The summed E-state index contributed by atoms with van der Waals surface area (Å²) in [5.74, 6) is -0.170. The van der Waals surface area contributed by atoms with Crippen molar-refractivity contribution in [3.63, 3.8) is 0 Å². The molecule has 0 saturated carbocycles. The van der Waals surface area contributed by atoms with Gasteiger partial charge >= 0.3 is 7.82 Å². The molecule has 3 unspecified atom stereocenters. The van der Waals surface area contributed by atoms with Crippen LogP contribution in [0.25, 0.3) is 0 Å². The van der Waals surface area contributed by atoms with E-state index >= 15 is 0 Å². The minimum atomic E-state index is -4.35. The Morgan fingerprint density at radius 2 is 0.659 bits per heavy atom. The minimum Gasteiger partial charge on any atom is -0.391 e. The number of carbonyl (C=O) groups is 1.